The summed E-state index contributed by atoms with van der Waals surface area (Å²) in [7, 11) is 0. The van der Waals surface area contributed by atoms with E-state index in [1.165, 1.54) is 16.7 Å². The molecule has 2 aromatic rings. The molecule has 1 N–H and O–H groups in total. The summed E-state index contributed by atoms with van der Waals surface area (Å²) >= 11 is 1.55. The first-order valence-electron chi connectivity index (χ1n) is 7.47. The van der Waals surface area contributed by atoms with E-state index in [-0.39, 0.29) is 11.2 Å². The first-order chi connectivity index (χ1) is 10.9. The van der Waals surface area contributed by atoms with E-state index >= 15 is 0 Å². The van der Waals surface area contributed by atoms with Gasteiger partial charge < -0.3 is 5.32 Å². The van der Waals surface area contributed by atoms with Gasteiger partial charge in [-0.2, -0.15) is 5.26 Å². The summed E-state index contributed by atoms with van der Waals surface area (Å²) in [5.74, 6) is -0.0999. The van der Waals surface area contributed by atoms with Gasteiger partial charge in [0.15, 0.2) is 0 Å². The predicted molar refractivity (Wildman–Crippen MR) is 95.8 cm³/mol. The number of rotatable bonds is 4. The van der Waals surface area contributed by atoms with Crippen molar-refractivity contribution in [1.29, 1.82) is 5.26 Å². The molecule has 118 valence electrons. The van der Waals surface area contributed by atoms with Gasteiger partial charge in [-0.15, -0.1) is 11.8 Å². The molecule has 0 aliphatic carbocycles. The number of carbonyl (C=O) groups excluding carboxylic acids is 1. The number of carbonyl (C=O) groups is 1. The summed E-state index contributed by atoms with van der Waals surface area (Å²) in [6.07, 6.45) is 0. The molecule has 1 atom stereocenters. The molecule has 3 nitrogen and oxygen atoms in total. The van der Waals surface area contributed by atoms with Crippen molar-refractivity contribution in [2.45, 2.75) is 37.8 Å². The largest absolute Gasteiger partial charge is 0.324 e. The molecule has 2 rings (SSSR count). The van der Waals surface area contributed by atoms with E-state index in [2.05, 4.69) is 44.3 Å². The molecule has 0 radical (unpaired) electrons. The number of nitriles is 1. The minimum absolute atomic E-state index is 0.0999. The van der Waals surface area contributed by atoms with Crippen molar-refractivity contribution in [2.24, 2.45) is 0 Å². The van der Waals surface area contributed by atoms with Gasteiger partial charge in [-0.1, -0.05) is 29.8 Å². The number of hydrogen-bond acceptors (Lipinski definition) is 3. The van der Waals surface area contributed by atoms with E-state index in [1.807, 2.05) is 13.0 Å². The third kappa shape index (κ3) is 4.14. The first kappa shape index (κ1) is 17.1. The normalized spacial score (nSPS) is 11.6. The summed E-state index contributed by atoms with van der Waals surface area (Å²) in [6, 6.07) is 13.4. The zero-order chi connectivity index (χ0) is 17.0. The molecule has 4 heteroatoms. The number of benzene rings is 2. The molecule has 2 aromatic carbocycles. The molecule has 0 aliphatic rings. The van der Waals surface area contributed by atoms with Crippen molar-refractivity contribution >= 4 is 23.4 Å². The lowest BCUT2D eigenvalue weighted by atomic mass is 10.1. The van der Waals surface area contributed by atoms with Crippen molar-refractivity contribution < 1.29 is 4.79 Å². The topological polar surface area (TPSA) is 52.9 Å². The number of para-hydroxylation sites is 1. The molecule has 0 spiro atoms. The van der Waals surface area contributed by atoms with E-state index in [0.29, 0.717) is 11.3 Å². The molecule has 0 aromatic heterocycles. The Morgan fingerprint density at radius 3 is 2.39 bits per heavy atom. The maximum absolute atomic E-state index is 12.4. The van der Waals surface area contributed by atoms with Gasteiger partial charge in [-0.3, -0.25) is 4.79 Å². The minimum Gasteiger partial charge on any atom is -0.324 e. The van der Waals surface area contributed by atoms with E-state index in [4.69, 9.17) is 5.26 Å². The summed E-state index contributed by atoms with van der Waals surface area (Å²) in [4.78, 5) is 13.6. The third-order valence-corrected chi connectivity index (χ3v) is 5.02. The zero-order valence-corrected chi connectivity index (χ0v) is 14.6. The van der Waals surface area contributed by atoms with Crippen LogP contribution in [0.1, 0.15) is 29.2 Å². The highest BCUT2D eigenvalue weighted by Gasteiger charge is 2.18. The van der Waals surface area contributed by atoms with Crippen molar-refractivity contribution in [2.75, 3.05) is 5.32 Å². The maximum Gasteiger partial charge on any atom is 0.237 e. The van der Waals surface area contributed by atoms with Gasteiger partial charge in [0.05, 0.1) is 16.5 Å². The van der Waals surface area contributed by atoms with Gasteiger partial charge in [0.2, 0.25) is 5.91 Å². The van der Waals surface area contributed by atoms with Crippen LogP contribution in [0.15, 0.2) is 41.3 Å². The maximum atomic E-state index is 12.4. The Morgan fingerprint density at radius 2 is 1.78 bits per heavy atom. The number of aryl methyl sites for hydroxylation is 3. The second kappa shape index (κ2) is 7.34. The smallest absolute Gasteiger partial charge is 0.237 e. The lowest BCUT2D eigenvalue weighted by molar-refractivity contribution is -0.115. The van der Waals surface area contributed by atoms with Crippen LogP contribution in [0.3, 0.4) is 0 Å². The second-order valence-corrected chi connectivity index (χ2v) is 6.99. The van der Waals surface area contributed by atoms with Crippen LogP contribution in [0.4, 0.5) is 5.69 Å². The lowest BCUT2D eigenvalue weighted by Gasteiger charge is -2.16. The summed E-state index contributed by atoms with van der Waals surface area (Å²) in [5, 5.41) is 11.7. The fourth-order valence-corrected chi connectivity index (χ4v) is 3.52. The predicted octanol–water partition coefficient (Wildman–Crippen LogP) is 4.60. The summed E-state index contributed by atoms with van der Waals surface area (Å²) in [6.45, 7) is 8.09. The molecule has 0 saturated carbocycles. The second-order valence-electron chi connectivity index (χ2n) is 5.63. The first-order valence-corrected chi connectivity index (χ1v) is 8.35. The van der Waals surface area contributed by atoms with E-state index in [0.717, 1.165) is 4.90 Å². The van der Waals surface area contributed by atoms with Gasteiger partial charge in [-0.05, 0) is 51.0 Å². The van der Waals surface area contributed by atoms with Crippen LogP contribution in [0.5, 0.6) is 0 Å². The molecule has 1 amide bonds. The number of anilines is 1. The van der Waals surface area contributed by atoms with E-state index < -0.39 is 0 Å². The van der Waals surface area contributed by atoms with Crippen LogP contribution >= 0.6 is 11.8 Å². The highest BCUT2D eigenvalue weighted by atomic mass is 32.2. The monoisotopic (exact) mass is 324 g/mol. The van der Waals surface area contributed by atoms with Gasteiger partial charge >= 0.3 is 0 Å². The Bertz CT molecular complexity index is 754. The number of thioether (sulfide) groups is 1. The zero-order valence-electron chi connectivity index (χ0n) is 13.8. The highest BCUT2D eigenvalue weighted by molar-refractivity contribution is 8.00. The molecule has 0 fully saturated rings. The molecule has 0 bridgehead atoms. The van der Waals surface area contributed by atoms with Crippen molar-refractivity contribution in [3.05, 3.63) is 58.7 Å². The fourth-order valence-electron chi connectivity index (χ4n) is 2.51. The molecule has 0 aliphatic heterocycles. The minimum atomic E-state index is -0.248. The Kier molecular flexibility index (Phi) is 5.46. The summed E-state index contributed by atoms with van der Waals surface area (Å²) in [5.41, 5.74) is 4.63. The van der Waals surface area contributed by atoms with Crippen LogP contribution in [0, 0.1) is 32.1 Å². The van der Waals surface area contributed by atoms with Gasteiger partial charge in [0.25, 0.3) is 0 Å². The van der Waals surface area contributed by atoms with Crippen LogP contribution in [0.25, 0.3) is 0 Å². The number of hydrogen-bond donors (Lipinski definition) is 1. The lowest BCUT2D eigenvalue weighted by Crippen LogP contribution is -2.23. The molecular weight excluding hydrogens is 304 g/mol. The van der Waals surface area contributed by atoms with Gasteiger partial charge in [-0.25, -0.2) is 0 Å². The molecular formula is C19H20N2OS. The van der Waals surface area contributed by atoms with Gasteiger partial charge in [0.1, 0.15) is 6.07 Å². The van der Waals surface area contributed by atoms with E-state index in [1.54, 1.807) is 30.0 Å². The molecule has 0 heterocycles. The molecule has 0 unspecified atom stereocenters. The Balaban J connectivity index is 2.14. The van der Waals surface area contributed by atoms with E-state index in [9.17, 15) is 4.79 Å². The number of amides is 1. The van der Waals surface area contributed by atoms with Crippen LogP contribution in [-0.2, 0) is 4.79 Å². The Hall–Kier alpha value is -2.25. The number of nitrogens with one attached hydrogen (secondary N) is 1. The van der Waals surface area contributed by atoms with Crippen molar-refractivity contribution in [3.8, 4) is 6.07 Å². The average molecular weight is 324 g/mol. The quantitative estimate of drug-likeness (QED) is 0.836. The van der Waals surface area contributed by atoms with Gasteiger partial charge in [0, 0.05) is 4.90 Å². The van der Waals surface area contributed by atoms with Crippen LogP contribution in [0.2, 0.25) is 0 Å². The molecule has 23 heavy (non-hydrogen) atoms. The SMILES string of the molecule is Cc1cc(C)c(S[C@@H](C)C(=O)Nc2ccccc2C#N)c(C)c1. The standard InChI is InChI=1S/C19H20N2OS/c1-12-9-13(2)18(14(3)10-12)23-15(4)19(22)21-17-8-6-5-7-16(17)11-20/h5-10,15H,1-4H3,(H,21,22)/t15-/m0/s1. The third-order valence-electron chi connectivity index (χ3n) is 3.57. The van der Waals surface area contributed by atoms with Crippen molar-refractivity contribution in [3.63, 3.8) is 0 Å². The Labute approximate surface area is 141 Å². The average Bonchev–Trinajstić information content (AvgIpc) is 2.51. The number of nitrogens with zero attached hydrogens (tertiary/aromatic N) is 1. The summed E-state index contributed by atoms with van der Waals surface area (Å²) < 4.78 is 0. The molecule has 0 saturated heterocycles. The van der Waals surface area contributed by atoms with Crippen LogP contribution < -0.4 is 5.32 Å². The van der Waals surface area contributed by atoms with Crippen LogP contribution in [-0.4, -0.2) is 11.2 Å². The van der Waals surface area contributed by atoms with Crippen molar-refractivity contribution in [1.82, 2.24) is 0 Å². The highest BCUT2D eigenvalue weighted by Crippen LogP contribution is 2.31. The fraction of sp³-hybridized carbons (Fsp3) is 0.263. The Morgan fingerprint density at radius 1 is 1.17 bits per heavy atom.